The summed E-state index contributed by atoms with van der Waals surface area (Å²) in [6, 6.07) is 20.7. The number of amides is 1. The van der Waals surface area contributed by atoms with E-state index in [1.807, 2.05) is 43.3 Å². The summed E-state index contributed by atoms with van der Waals surface area (Å²) >= 11 is 7.37. The van der Waals surface area contributed by atoms with E-state index >= 15 is 0 Å². The van der Waals surface area contributed by atoms with Crippen LogP contribution in [0, 0.1) is 0 Å². The van der Waals surface area contributed by atoms with E-state index in [0.29, 0.717) is 21.8 Å². The topological polar surface area (TPSA) is 69.0 Å². The van der Waals surface area contributed by atoms with Crippen LogP contribution in [0.3, 0.4) is 0 Å². The van der Waals surface area contributed by atoms with Gasteiger partial charge >= 0.3 is 6.18 Å². The average molecular weight is 533 g/mol. The largest absolute Gasteiger partial charge is 0.481 e. The van der Waals surface area contributed by atoms with Gasteiger partial charge in [0.15, 0.2) is 17.1 Å². The Hall–Kier alpha value is -3.50. The van der Waals surface area contributed by atoms with E-state index in [2.05, 4.69) is 15.5 Å². The minimum atomic E-state index is -4.44. The molecule has 1 aromatic heterocycles. The lowest BCUT2D eigenvalue weighted by Gasteiger charge is -2.17. The number of nitrogens with zero attached hydrogens (tertiary/aromatic N) is 3. The number of carbonyl (C=O) groups excluding carboxylic acids is 1. The third-order valence-corrected chi connectivity index (χ3v) is 6.25. The lowest BCUT2D eigenvalue weighted by atomic mass is 10.2. The molecule has 36 heavy (non-hydrogen) atoms. The van der Waals surface area contributed by atoms with Crippen molar-refractivity contribution in [2.24, 2.45) is 0 Å². The first-order valence-corrected chi connectivity index (χ1v) is 12.1. The lowest BCUT2D eigenvalue weighted by molar-refractivity contribution is -0.137. The highest BCUT2D eigenvalue weighted by atomic mass is 35.5. The monoisotopic (exact) mass is 532 g/mol. The molecular weight excluding hydrogens is 513 g/mol. The van der Waals surface area contributed by atoms with Gasteiger partial charge in [0.1, 0.15) is 5.75 Å². The third kappa shape index (κ3) is 6.19. The minimum absolute atomic E-state index is 0.0360. The molecule has 1 amide bonds. The van der Waals surface area contributed by atoms with Gasteiger partial charge in [0.2, 0.25) is 5.91 Å². The molecule has 4 aromatic rings. The lowest BCUT2D eigenvalue weighted by Crippen LogP contribution is -2.15. The molecule has 0 saturated heterocycles. The Bertz CT molecular complexity index is 1330. The maximum atomic E-state index is 12.7. The first-order chi connectivity index (χ1) is 17.2. The Morgan fingerprint density at radius 3 is 2.36 bits per heavy atom. The van der Waals surface area contributed by atoms with Crippen LogP contribution in [0.15, 0.2) is 84.0 Å². The number of para-hydroxylation sites is 2. The maximum absolute atomic E-state index is 12.7. The number of anilines is 1. The van der Waals surface area contributed by atoms with Crippen LogP contribution in [0.25, 0.3) is 5.69 Å². The number of nitrogens with one attached hydrogen (secondary N) is 1. The van der Waals surface area contributed by atoms with Gasteiger partial charge in [-0.2, -0.15) is 13.2 Å². The van der Waals surface area contributed by atoms with Gasteiger partial charge in [-0.3, -0.25) is 9.36 Å². The van der Waals surface area contributed by atoms with Crippen molar-refractivity contribution < 1.29 is 22.7 Å². The van der Waals surface area contributed by atoms with Gasteiger partial charge in [-0.25, -0.2) is 0 Å². The molecule has 0 bridgehead atoms. The summed E-state index contributed by atoms with van der Waals surface area (Å²) in [6.45, 7) is 1.82. The zero-order valence-electron chi connectivity index (χ0n) is 18.9. The van der Waals surface area contributed by atoms with E-state index in [0.717, 1.165) is 29.6 Å². The summed E-state index contributed by atoms with van der Waals surface area (Å²) in [5, 5.41) is 12.1. The second kappa shape index (κ2) is 11.0. The van der Waals surface area contributed by atoms with Crippen molar-refractivity contribution in [1.29, 1.82) is 0 Å². The molecule has 3 aromatic carbocycles. The van der Waals surface area contributed by atoms with Crippen molar-refractivity contribution in [2.45, 2.75) is 24.4 Å². The molecule has 1 unspecified atom stereocenters. The summed E-state index contributed by atoms with van der Waals surface area (Å²) in [7, 11) is 0. The number of carbonyl (C=O) groups is 1. The van der Waals surface area contributed by atoms with Crippen LogP contribution in [0.2, 0.25) is 5.02 Å². The summed E-state index contributed by atoms with van der Waals surface area (Å²) in [4.78, 5) is 12.5. The van der Waals surface area contributed by atoms with E-state index < -0.39 is 23.8 Å². The second-order valence-corrected chi connectivity index (χ2v) is 8.96. The van der Waals surface area contributed by atoms with E-state index in [9.17, 15) is 18.0 Å². The van der Waals surface area contributed by atoms with Crippen molar-refractivity contribution in [2.75, 3.05) is 11.1 Å². The smallest absolute Gasteiger partial charge is 0.416 e. The van der Waals surface area contributed by atoms with Gasteiger partial charge in [0, 0.05) is 11.4 Å². The van der Waals surface area contributed by atoms with Gasteiger partial charge in [0.25, 0.3) is 0 Å². The van der Waals surface area contributed by atoms with E-state index in [1.165, 1.54) is 12.1 Å². The van der Waals surface area contributed by atoms with Crippen molar-refractivity contribution in [3.8, 4) is 11.4 Å². The van der Waals surface area contributed by atoms with Crippen LogP contribution in [0.1, 0.15) is 24.4 Å². The number of hydrogen-bond donors (Lipinski definition) is 1. The van der Waals surface area contributed by atoms with Crippen LogP contribution < -0.4 is 10.1 Å². The van der Waals surface area contributed by atoms with E-state index in [1.54, 1.807) is 22.8 Å². The highest BCUT2D eigenvalue weighted by molar-refractivity contribution is 7.99. The standard InChI is InChI=1S/C25H20ClF3N4O2S/c1-16(35-21-10-6-5-9-20(21)26)23-31-32-24(33(23)19-7-3-2-4-8-19)36-15-22(34)30-18-13-11-17(12-14-18)25(27,28)29/h2-14,16H,15H2,1H3,(H,30,34). The summed E-state index contributed by atoms with van der Waals surface area (Å²) in [5.74, 6) is 0.571. The average Bonchev–Trinajstić information content (AvgIpc) is 3.29. The normalized spacial score (nSPS) is 12.2. The fourth-order valence-corrected chi connectivity index (χ4v) is 4.25. The number of hydrogen-bond acceptors (Lipinski definition) is 5. The quantitative estimate of drug-likeness (QED) is 0.252. The number of benzene rings is 3. The van der Waals surface area contributed by atoms with Gasteiger partial charge in [-0.05, 0) is 55.5 Å². The molecule has 0 saturated carbocycles. The van der Waals surface area contributed by atoms with E-state index in [-0.39, 0.29) is 11.4 Å². The van der Waals surface area contributed by atoms with Gasteiger partial charge in [-0.15, -0.1) is 10.2 Å². The van der Waals surface area contributed by atoms with Crippen molar-refractivity contribution >= 4 is 35.0 Å². The van der Waals surface area contributed by atoms with Crippen molar-refractivity contribution in [3.05, 3.63) is 95.3 Å². The van der Waals surface area contributed by atoms with Crippen molar-refractivity contribution in [3.63, 3.8) is 0 Å². The molecule has 0 aliphatic rings. The Kier molecular flexibility index (Phi) is 7.85. The third-order valence-electron chi connectivity index (χ3n) is 5.01. The van der Waals surface area contributed by atoms with Crippen molar-refractivity contribution in [1.82, 2.24) is 14.8 Å². The zero-order valence-corrected chi connectivity index (χ0v) is 20.4. The summed E-state index contributed by atoms with van der Waals surface area (Å²) in [5.41, 5.74) is 0.254. The Labute approximate surface area is 214 Å². The predicted molar refractivity (Wildman–Crippen MR) is 133 cm³/mol. The van der Waals surface area contributed by atoms with Gasteiger partial charge < -0.3 is 10.1 Å². The number of aromatic nitrogens is 3. The molecule has 186 valence electrons. The predicted octanol–water partition coefficient (Wildman–Crippen LogP) is 6.81. The zero-order chi connectivity index (χ0) is 25.7. The Morgan fingerprint density at radius 2 is 1.69 bits per heavy atom. The van der Waals surface area contributed by atoms with Gasteiger partial charge in [0.05, 0.1) is 16.3 Å². The molecule has 6 nitrogen and oxygen atoms in total. The number of halogens is 4. The Balaban J connectivity index is 1.50. The van der Waals surface area contributed by atoms with Crippen LogP contribution in [-0.2, 0) is 11.0 Å². The molecule has 11 heteroatoms. The molecule has 0 radical (unpaired) electrons. The molecule has 0 aliphatic heterocycles. The molecule has 0 aliphatic carbocycles. The fourth-order valence-electron chi connectivity index (χ4n) is 3.31. The molecule has 0 spiro atoms. The SMILES string of the molecule is CC(Oc1ccccc1Cl)c1nnc(SCC(=O)Nc2ccc(C(F)(F)F)cc2)n1-c1ccccc1. The first-order valence-electron chi connectivity index (χ1n) is 10.7. The second-order valence-electron chi connectivity index (χ2n) is 7.61. The number of rotatable bonds is 8. The number of ether oxygens (including phenoxy) is 1. The molecule has 1 N–H and O–H groups in total. The summed E-state index contributed by atoms with van der Waals surface area (Å²) < 4.78 is 46.1. The number of thioether (sulfide) groups is 1. The fraction of sp³-hybridized carbons (Fsp3) is 0.160. The first kappa shape index (κ1) is 25.6. The van der Waals surface area contributed by atoms with E-state index in [4.69, 9.17) is 16.3 Å². The molecule has 4 rings (SSSR count). The highest BCUT2D eigenvalue weighted by Gasteiger charge is 2.30. The maximum Gasteiger partial charge on any atom is 0.416 e. The minimum Gasteiger partial charge on any atom is -0.481 e. The Morgan fingerprint density at radius 1 is 1.03 bits per heavy atom. The summed E-state index contributed by atoms with van der Waals surface area (Å²) in [6.07, 6.45) is -4.96. The molecule has 1 atom stereocenters. The van der Waals surface area contributed by atoms with Crippen LogP contribution in [-0.4, -0.2) is 26.4 Å². The molecule has 0 fully saturated rings. The highest BCUT2D eigenvalue weighted by Crippen LogP contribution is 2.32. The van der Waals surface area contributed by atoms with Crippen LogP contribution in [0.4, 0.5) is 18.9 Å². The number of alkyl halides is 3. The van der Waals surface area contributed by atoms with Crippen LogP contribution in [0.5, 0.6) is 5.75 Å². The molecular formula is C25H20ClF3N4O2S. The molecule has 1 heterocycles. The van der Waals surface area contributed by atoms with Gasteiger partial charge in [-0.1, -0.05) is 53.7 Å². The van der Waals surface area contributed by atoms with Crippen LogP contribution >= 0.6 is 23.4 Å².